The molecule has 1 N–H and O–H groups in total. The SMILES string of the molecule is CCN(C(=O)N1CCCC(C)C1C(=O)O)C(C)CN(C)C. The molecule has 21 heavy (non-hydrogen) atoms. The third-order valence-electron chi connectivity index (χ3n) is 4.18. The van der Waals surface area contributed by atoms with E-state index < -0.39 is 12.0 Å². The Hall–Kier alpha value is -1.30. The van der Waals surface area contributed by atoms with Crippen molar-refractivity contribution >= 4 is 12.0 Å². The fourth-order valence-corrected chi connectivity index (χ4v) is 3.21. The van der Waals surface area contributed by atoms with Crippen molar-refractivity contribution in [3.05, 3.63) is 0 Å². The number of amides is 2. The number of nitrogens with zero attached hydrogens (tertiary/aromatic N) is 3. The van der Waals surface area contributed by atoms with E-state index in [1.165, 1.54) is 0 Å². The molecular weight excluding hydrogens is 270 g/mol. The van der Waals surface area contributed by atoms with Crippen molar-refractivity contribution < 1.29 is 14.7 Å². The molecule has 1 saturated heterocycles. The number of likely N-dealkylation sites (tertiary alicyclic amines) is 1. The van der Waals surface area contributed by atoms with Gasteiger partial charge >= 0.3 is 12.0 Å². The van der Waals surface area contributed by atoms with Gasteiger partial charge in [0.2, 0.25) is 0 Å². The van der Waals surface area contributed by atoms with Crippen molar-refractivity contribution in [2.75, 3.05) is 33.7 Å². The Morgan fingerprint density at radius 1 is 1.38 bits per heavy atom. The van der Waals surface area contributed by atoms with Crippen molar-refractivity contribution in [3.8, 4) is 0 Å². The Labute approximate surface area is 127 Å². The number of rotatable bonds is 5. The maximum Gasteiger partial charge on any atom is 0.326 e. The van der Waals surface area contributed by atoms with Gasteiger partial charge in [-0.25, -0.2) is 9.59 Å². The summed E-state index contributed by atoms with van der Waals surface area (Å²) >= 11 is 0. The number of urea groups is 1. The van der Waals surface area contributed by atoms with Gasteiger partial charge in [0.15, 0.2) is 0 Å². The second-order valence-electron chi connectivity index (χ2n) is 6.28. The molecule has 1 heterocycles. The van der Waals surface area contributed by atoms with Crippen molar-refractivity contribution in [1.29, 1.82) is 0 Å². The van der Waals surface area contributed by atoms with Gasteiger partial charge in [0.1, 0.15) is 6.04 Å². The van der Waals surface area contributed by atoms with E-state index in [-0.39, 0.29) is 18.0 Å². The number of hydrogen-bond donors (Lipinski definition) is 1. The van der Waals surface area contributed by atoms with Crippen LogP contribution in [-0.2, 0) is 4.79 Å². The molecule has 6 heteroatoms. The van der Waals surface area contributed by atoms with Gasteiger partial charge in [-0.2, -0.15) is 0 Å². The molecule has 1 aliphatic heterocycles. The van der Waals surface area contributed by atoms with Crippen LogP contribution in [0.2, 0.25) is 0 Å². The summed E-state index contributed by atoms with van der Waals surface area (Å²) in [4.78, 5) is 29.7. The van der Waals surface area contributed by atoms with E-state index in [9.17, 15) is 14.7 Å². The number of likely N-dealkylation sites (N-methyl/N-ethyl adjacent to an activating group) is 2. The third-order valence-corrected chi connectivity index (χ3v) is 4.18. The van der Waals surface area contributed by atoms with E-state index in [1.54, 1.807) is 9.80 Å². The predicted octanol–water partition coefficient (Wildman–Crippen LogP) is 1.56. The molecule has 6 nitrogen and oxygen atoms in total. The zero-order valence-electron chi connectivity index (χ0n) is 13.9. The zero-order chi connectivity index (χ0) is 16.2. The first-order valence-electron chi connectivity index (χ1n) is 7.74. The normalized spacial score (nSPS) is 24.0. The molecule has 0 aromatic carbocycles. The summed E-state index contributed by atoms with van der Waals surface area (Å²) in [6.07, 6.45) is 1.73. The molecule has 0 aliphatic carbocycles. The second-order valence-corrected chi connectivity index (χ2v) is 6.28. The third kappa shape index (κ3) is 4.33. The van der Waals surface area contributed by atoms with Gasteiger partial charge in [-0.1, -0.05) is 6.92 Å². The fourth-order valence-electron chi connectivity index (χ4n) is 3.21. The Bertz CT molecular complexity index is 373. The molecule has 3 atom stereocenters. The summed E-state index contributed by atoms with van der Waals surface area (Å²) in [5.41, 5.74) is 0. The Balaban J connectivity index is 2.88. The molecule has 0 aromatic heterocycles. The van der Waals surface area contributed by atoms with E-state index in [2.05, 4.69) is 0 Å². The number of carboxylic acids is 1. The lowest BCUT2D eigenvalue weighted by Crippen LogP contribution is -2.58. The second kappa shape index (κ2) is 7.64. The van der Waals surface area contributed by atoms with Gasteiger partial charge in [0.05, 0.1) is 0 Å². The summed E-state index contributed by atoms with van der Waals surface area (Å²) in [6.45, 7) is 7.74. The predicted molar refractivity (Wildman–Crippen MR) is 82.3 cm³/mol. The summed E-state index contributed by atoms with van der Waals surface area (Å²) < 4.78 is 0. The smallest absolute Gasteiger partial charge is 0.326 e. The minimum Gasteiger partial charge on any atom is -0.480 e. The number of carboxylic acid groups (broad SMARTS) is 1. The molecule has 0 spiro atoms. The van der Waals surface area contributed by atoms with E-state index in [4.69, 9.17) is 0 Å². The highest BCUT2D eigenvalue weighted by Gasteiger charge is 2.39. The molecular formula is C15H29N3O3. The van der Waals surface area contributed by atoms with Gasteiger partial charge in [-0.05, 0) is 46.7 Å². The largest absolute Gasteiger partial charge is 0.480 e. The molecule has 0 radical (unpaired) electrons. The number of carbonyl (C=O) groups excluding carboxylic acids is 1. The van der Waals surface area contributed by atoms with Crippen LogP contribution in [0.5, 0.6) is 0 Å². The van der Waals surface area contributed by atoms with Crippen LogP contribution in [0.25, 0.3) is 0 Å². The van der Waals surface area contributed by atoms with Gasteiger partial charge in [-0.3, -0.25) is 0 Å². The van der Waals surface area contributed by atoms with Crippen LogP contribution >= 0.6 is 0 Å². The average molecular weight is 299 g/mol. The lowest BCUT2D eigenvalue weighted by molar-refractivity contribution is -0.145. The molecule has 1 fully saturated rings. The first-order chi connectivity index (χ1) is 9.79. The van der Waals surface area contributed by atoms with Crippen LogP contribution < -0.4 is 0 Å². The summed E-state index contributed by atoms with van der Waals surface area (Å²) in [5, 5.41) is 9.45. The zero-order valence-corrected chi connectivity index (χ0v) is 13.9. The maximum absolute atomic E-state index is 12.8. The molecule has 0 bridgehead atoms. The van der Waals surface area contributed by atoms with E-state index in [0.29, 0.717) is 13.1 Å². The van der Waals surface area contributed by atoms with Crippen LogP contribution in [0.15, 0.2) is 0 Å². The van der Waals surface area contributed by atoms with E-state index in [1.807, 2.05) is 39.8 Å². The number of aliphatic carboxylic acids is 1. The topological polar surface area (TPSA) is 64.1 Å². The lowest BCUT2D eigenvalue weighted by Gasteiger charge is -2.41. The molecule has 1 rings (SSSR count). The highest BCUT2D eigenvalue weighted by Crippen LogP contribution is 2.25. The molecule has 2 amide bonds. The van der Waals surface area contributed by atoms with Crippen LogP contribution in [-0.4, -0.2) is 77.6 Å². The monoisotopic (exact) mass is 299 g/mol. The first-order valence-corrected chi connectivity index (χ1v) is 7.74. The summed E-state index contributed by atoms with van der Waals surface area (Å²) in [5.74, 6) is -0.894. The van der Waals surface area contributed by atoms with Crippen molar-refractivity contribution in [1.82, 2.24) is 14.7 Å². The van der Waals surface area contributed by atoms with Crippen LogP contribution in [0.3, 0.4) is 0 Å². The molecule has 1 aliphatic rings. The van der Waals surface area contributed by atoms with Gasteiger partial charge in [0.25, 0.3) is 0 Å². The Kier molecular flexibility index (Phi) is 6.45. The number of carbonyl (C=O) groups is 2. The summed E-state index contributed by atoms with van der Waals surface area (Å²) in [7, 11) is 3.94. The molecule has 122 valence electrons. The molecule has 3 unspecified atom stereocenters. The highest BCUT2D eigenvalue weighted by atomic mass is 16.4. The van der Waals surface area contributed by atoms with Crippen molar-refractivity contribution in [3.63, 3.8) is 0 Å². The number of hydrogen-bond acceptors (Lipinski definition) is 3. The van der Waals surface area contributed by atoms with Crippen LogP contribution in [0, 0.1) is 5.92 Å². The summed E-state index contributed by atoms with van der Waals surface area (Å²) in [6, 6.07) is -0.790. The minimum absolute atomic E-state index is 0.00283. The van der Waals surface area contributed by atoms with Crippen molar-refractivity contribution in [2.45, 2.75) is 45.7 Å². The fraction of sp³-hybridized carbons (Fsp3) is 0.867. The Morgan fingerprint density at radius 3 is 2.48 bits per heavy atom. The Morgan fingerprint density at radius 2 is 2.00 bits per heavy atom. The highest BCUT2D eigenvalue weighted by molar-refractivity contribution is 5.83. The van der Waals surface area contributed by atoms with E-state index in [0.717, 1.165) is 19.4 Å². The quantitative estimate of drug-likeness (QED) is 0.837. The van der Waals surface area contributed by atoms with Gasteiger partial charge in [0, 0.05) is 25.7 Å². The van der Waals surface area contributed by atoms with Crippen LogP contribution in [0.1, 0.15) is 33.6 Å². The lowest BCUT2D eigenvalue weighted by atomic mass is 9.91. The molecule has 0 aromatic rings. The van der Waals surface area contributed by atoms with Gasteiger partial charge < -0.3 is 19.8 Å². The standard InChI is InChI=1S/C15H29N3O3/c1-6-17(12(3)10-16(4)5)15(21)18-9-7-8-11(2)13(18)14(19)20/h11-13H,6-10H2,1-5H3,(H,19,20). The van der Waals surface area contributed by atoms with Crippen molar-refractivity contribution in [2.24, 2.45) is 5.92 Å². The number of piperidine rings is 1. The van der Waals surface area contributed by atoms with E-state index >= 15 is 0 Å². The maximum atomic E-state index is 12.8. The van der Waals surface area contributed by atoms with Gasteiger partial charge in [-0.15, -0.1) is 0 Å². The minimum atomic E-state index is -0.896. The molecule has 0 saturated carbocycles. The van der Waals surface area contributed by atoms with Crippen LogP contribution in [0.4, 0.5) is 4.79 Å². The average Bonchev–Trinajstić information content (AvgIpc) is 2.37. The first kappa shape index (κ1) is 17.8.